The van der Waals surface area contributed by atoms with E-state index in [-0.39, 0.29) is 10.9 Å². The van der Waals surface area contributed by atoms with Crippen LogP contribution in [0.1, 0.15) is 24.7 Å². The van der Waals surface area contributed by atoms with Gasteiger partial charge in [-0.25, -0.2) is 9.18 Å². The molecule has 2 aliphatic rings. The Kier molecular flexibility index (Phi) is 5.81. The maximum absolute atomic E-state index is 13.3. The van der Waals surface area contributed by atoms with E-state index in [1.807, 2.05) is 4.90 Å². The summed E-state index contributed by atoms with van der Waals surface area (Å²) in [6.07, 6.45) is 2.23. The molecule has 2 aromatic rings. The third-order valence-electron chi connectivity index (χ3n) is 5.32. The molecule has 164 valence electrons. The second kappa shape index (κ2) is 8.54. The second-order valence-corrected chi connectivity index (χ2v) is 8.96. The van der Waals surface area contributed by atoms with Crippen LogP contribution in [-0.2, 0) is 16.6 Å². The van der Waals surface area contributed by atoms with E-state index in [0.29, 0.717) is 61.9 Å². The highest BCUT2D eigenvalue weighted by Crippen LogP contribution is 2.33. The number of sulfonamides is 1. The van der Waals surface area contributed by atoms with Gasteiger partial charge in [0.2, 0.25) is 0 Å². The highest BCUT2D eigenvalue weighted by molar-refractivity contribution is 8.00. The molecule has 0 spiro atoms. The molecule has 31 heavy (non-hydrogen) atoms. The van der Waals surface area contributed by atoms with Crippen LogP contribution in [0.5, 0.6) is 0 Å². The van der Waals surface area contributed by atoms with Gasteiger partial charge < -0.3 is 19.5 Å². The van der Waals surface area contributed by atoms with Crippen LogP contribution in [0.25, 0.3) is 4.91 Å². The van der Waals surface area contributed by atoms with Crippen molar-refractivity contribution in [3.63, 3.8) is 0 Å². The maximum atomic E-state index is 13.3. The van der Waals surface area contributed by atoms with Crippen molar-refractivity contribution >= 4 is 26.8 Å². The van der Waals surface area contributed by atoms with Crippen LogP contribution in [0, 0.1) is 5.82 Å². The zero-order valence-corrected chi connectivity index (χ0v) is 17.9. The van der Waals surface area contributed by atoms with Crippen LogP contribution in [-0.4, -0.2) is 56.3 Å². The Labute approximate surface area is 180 Å². The van der Waals surface area contributed by atoms with Crippen LogP contribution in [0.2, 0.25) is 0 Å². The monoisotopic (exact) mass is 446 g/mol. The summed E-state index contributed by atoms with van der Waals surface area (Å²) in [6.45, 7) is 4.03. The average Bonchev–Trinajstić information content (AvgIpc) is 3.24. The molecule has 0 atom stereocenters. The predicted octanol–water partition coefficient (Wildman–Crippen LogP) is 2.81. The second-order valence-electron chi connectivity index (χ2n) is 7.42. The molecule has 1 aromatic carbocycles. The van der Waals surface area contributed by atoms with Gasteiger partial charge >= 0.3 is 6.03 Å². The van der Waals surface area contributed by atoms with E-state index < -0.39 is 15.8 Å². The summed E-state index contributed by atoms with van der Waals surface area (Å²) in [5.41, 5.74) is 0.939. The molecule has 1 aromatic heterocycles. The lowest BCUT2D eigenvalue weighted by atomic mass is 10.1. The summed E-state index contributed by atoms with van der Waals surface area (Å²) < 4.78 is 47.9. The zero-order valence-electron chi connectivity index (χ0n) is 17.0. The number of hydrogen-bond donors (Lipinski definition) is 1. The fraction of sp³-hybridized carbons (Fsp3) is 0.333. The number of furan rings is 1. The molecule has 3 heterocycles. The van der Waals surface area contributed by atoms with Gasteiger partial charge in [0, 0.05) is 31.8 Å². The Balaban J connectivity index is 1.46. The van der Waals surface area contributed by atoms with Gasteiger partial charge in [-0.3, -0.25) is 0 Å². The Bertz CT molecular complexity index is 1120. The molecule has 8 nitrogen and oxygen atoms in total. The van der Waals surface area contributed by atoms with Crippen molar-refractivity contribution in [2.24, 2.45) is 4.40 Å². The van der Waals surface area contributed by atoms with Gasteiger partial charge in [-0.1, -0.05) is 12.1 Å². The van der Waals surface area contributed by atoms with Gasteiger partial charge in [0.05, 0.1) is 12.8 Å². The molecule has 0 unspecified atom stereocenters. The van der Waals surface area contributed by atoms with Gasteiger partial charge in [-0.15, -0.1) is 4.40 Å². The lowest BCUT2D eigenvalue weighted by Crippen LogP contribution is -2.42. The minimum Gasteiger partial charge on any atom is -0.467 e. The van der Waals surface area contributed by atoms with Crippen molar-refractivity contribution in [3.05, 3.63) is 65.4 Å². The minimum atomic E-state index is -3.88. The van der Waals surface area contributed by atoms with Gasteiger partial charge in [0.15, 0.2) is 0 Å². The lowest BCUT2D eigenvalue weighted by molar-refractivity contribution is 0.199. The molecule has 2 aliphatic heterocycles. The van der Waals surface area contributed by atoms with Crippen molar-refractivity contribution in [3.8, 4) is 0 Å². The molecular weight excluding hydrogens is 423 g/mol. The predicted molar refractivity (Wildman–Crippen MR) is 114 cm³/mol. The minimum absolute atomic E-state index is 0.0970. The molecule has 0 bridgehead atoms. The summed E-state index contributed by atoms with van der Waals surface area (Å²) in [5, 5.41) is 2.83. The fourth-order valence-corrected chi connectivity index (χ4v) is 5.29. The summed E-state index contributed by atoms with van der Waals surface area (Å²) >= 11 is 0. The van der Waals surface area contributed by atoms with Crippen molar-refractivity contribution in [2.75, 3.05) is 26.2 Å². The Hall–Kier alpha value is -3.14. The number of amides is 2. The van der Waals surface area contributed by atoms with E-state index in [0.717, 1.165) is 0 Å². The topological polar surface area (TPSA) is 95.2 Å². The third kappa shape index (κ3) is 4.48. The van der Waals surface area contributed by atoms with Gasteiger partial charge in [-0.05, 0) is 43.2 Å². The summed E-state index contributed by atoms with van der Waals surface area (Å²) in [4.78, 5) is 16.2. The SMILES string of the molecule is CC1=C(c2ccc(F)cc2)S(=O)(=O)N=C1N1CCCN(C(=O)NCc2ccco2)CC1. The first-order valence-corrected chi connectivity index (χ1v) is 11.4. The number of nitrogens with one attached hydrogen (secondary N) is 1. The van der Waals surface area contributed by atoms with Gasteiger partial charge in [0.25, 0.3) is 10.0 Å². The molecule has 2 amide bonds. The van der Waals surface area contributed by atoms with Crippen molar-refractivity contribution in [1.29, 1.82) is 0 Å². The molecule has 1 N–H and O–H groups in total. The number of carbonyl (C=O) groups excluding carboxylic acids is 1. The van der Waals surface area contributed by atoms with E-state index in [1.54, 1.807) is 30.2 Å². The summed E-state index contributed by atoms with van der Waals surface area (Å²) in [5.74, 6) is 0.623. The number of halogens is 1. The highest BCUT2D eigenvalue weighted by atomic mass is 32.2. The van der Waals surface area contributed by atoms with Crippen molar-refractivity contribution in [2.45, 2.75) is 19.9 Å². The molecule has 0 saturated carbocycles. The van der Waals surface area contributed by atoms with E-state index in [9.17, 15) is 17.6 Å². The van der Waals surface area contributed by atoms with Gasteiger partial charge in [0.1, 0.15) is 22.3 Å². The number of urea groups is 1. The van der Waals surface area contributed by atoms with E-state index in [4.69, 9.17) is 4.42 Å². The Morgan fingerprint density at radius 1 is 1.16 bits per heavy atom. The first-order chi connectivity index (χ1) is 14.8. The molecular formula is C21H23FN4O4S. The van der Waals surface area contributed by atoms with Crippen molar-refractivity contribution in [1.82, 2.24) is 15.1 Å². The number of rotatable bonds is 3. The maximum Gasteiger partial charge on any atom is 0.317 e. The molecule has 1 saturated heterocycles. The molecule has 0 aliphatic carbocycles. The normalized spacial score (nSPS) is 18.7. The smallest absolute Gasteiger partial charge is 0.317 e. The molecule has 1 fully saturated rings. The fourth-order valence-electron chi connectivity index (χ4n) is 3.80. The van der Waals surface area contributed by atoms with Gasteiger partial charge in [-0.2, -0.15) is 8.42 Å². The first-order valence-electron chi connectivity index (χ1n) is 9.97. The van der Waals surface area contributed by atoms with Crippen LogP contribution in [0.3, 0.4) is 0 Å². The van der Waals surface area contributed by atoms with Crippen LogP contribution in [0.4, 0.5) is 9.18 Å². The number of nitrogens with zero attached hydrogens (tertiary/aromatic N) is 3. The Morgan fingerprint density at radius 2 is 1.94 bits per heavy atom. The number of carbonyl (C=O) groups is 1. The first kappa shape index (κ1) is 21.1. The summed E-state index contributed by atoms with van der Waals surface area (Å²) in [6, 6.07) is 8.70. The van der Waals surface area contributed by atoms with E-state index in [1.165, 1.54) is 24.3 Å². The number of hydrogen-bond acceptors (Lipinski definition) is 5. The highest BCUT2D eigenvalue weighted by Gasteiger charge is 2.34. The Morgan fingerprint density at radius 3 is 2.65 bits per heavy atom. The van der Waals surface area contributed by atoms with Crippen LogP contribution < -0.4 is 5.32 Å². The number of amidine groups is 1. The average molecular weight is 447 g/mol. The quantitative estimate of drug-likeness (QED) is 0.782. The molecule has 10 heteroatoms. The van der Waals surface area contributed by atoms with Crippen molar-refractivity contribution < 1.29 is 22.0 Å². The standard InChI is InChI=1S/C21H23FN4O4S/c1-15-19(16-5-7-17(22)8-6-16)31(28,29)24-20(15)25-9-3-10-26(12-11-25)21(27)23-14-18-4-2-13-30-18/h2,4-8,13H,3,9-12,14H2,1H3,(H,23,27). The largest absolute Gasteiger partial charge is 0.467 e. The summed E-state index contributed by atoms with van der Waals surface area (Å²) in [7, 11) is -3.88. The van der Waals surface area contributed by atoms with E-state index >= 15 is 0 Å². The van der Waals surface area contributed by atoms with Crippen LogP contribution in [0.15, 0.2) is 57.0 Å². The van der Waals surface area contributed by atoms with E-state index in [2.05, 4.69) is 9.71 Å². The lowest BCUT2D eigenvalue weighted by Gasteiger charge is -2.23. The zero-order chi connectivity index (χ0) is 22.0. The molecule has 0 radical (unpaired) electrons. The number of benzene rings is 1. The third-order valence-corrected chi connectivity index (χ3v) is 6.79. The molecule has 4 rings (SSSR count). The van der Waals surface area contributed by atoms with Crippen LogP contribution >= 0.6 is 0 Å².